The summed E-state index contributed by atoms with van der Waals surface area (Å²) < 4.78 is 2.20. The number of nitrogens with zero attached hydrogens (tertiary/aromatic N) is 4. The zero-order valence-corrected chi connectivity index (χ0v) is 15.6. The zero-order valence-electron chi connectivity index (χ0n) is 14.8. The van der Waals surface area contributed by atoms with Crippen LogP contribution in [-0.2, 0) is 18.5 Å². The second-order valence-electron chi connectivity index (χ2n) is 7.46. The summed E-state index contributed by atoms with van der Waals surface area (Å²) in [7, 11) is 4.06. The Morgan fingerprint density at radius 1 is 1.35 bits per heavy atom. The van der Waals surface area contributed by atoms with Gasteiger partial charge in [0, 0.05) is 49.0 Å². The molecule has 0 aliphatic heterocycles. The predicted octanol–water partition coefficient (Wildman–Crippen LogP) is 3.33. The van der Waals surface area contributed by atoms with E-state index < -0.39 is 0 Å². The van der Waals surface area contributed by atoms with Crippen LogP contribution in [0.4, 0.5) is 5.13 Å². The van der Waals surface area contributed by atoms with Gasteiger partial charge in [-0.15, -0.1) is 11.3 Å². The molecule has 0 aromatic carbocycles. The Bertz CT molecular complexity index is 665. The largest absolute Gasteiger partial charge is 0.354 e. The maximum absolute atomic E-state index is 4.66. The fourth-order valence-corrected chi connectivity index (χ4v) is 3.94. The number of anilines is 1. The van der Waals surface area contributed by atoms with Crippen molar-refractivity contribution in [2.75, 3.05) is 19.0 Å². The van der Waals surface area contributed by atoms with Crippen LogP contribution in [0.1, 0.15) is 55.8 Å². The van der Waals surface area contributed by atoms with Crippen molar-refractivity contribution in [3.05, 3.63) is 28.5 Å². The lowest BCUT2D eigenvalue weighted by atomic mass is 9.92. The molecule has 0 radical (unpaired) electrons. The Kier molecular flexibility index (Phi) is 4.47. The predicted molar refractivity (Wildman–Crippen MR) is 96.2 cm³/mol. The maximum atomic E-state index is 4.66. The maximum Gasteiger partial charge on any atom is 0.185 e. The van der Waals surface area contributed by atoms with E-state index in [0.717, 1.165) is 18.1 Å². The summed E-state index contributed by atoms with van der Waals surface area (Å²) >= 11 is 1.75. The first kappa shape index (κ1) is 16.5. The molecule has 126 valence electrons. The van der Waals surface area contributed by atoms with Crippen molar-refractivity contribution in [1.29, 1.82) is 0 Å². The van der Waals surface area contributed by atoms with E-state index >= 15 is 0 Å². The van der Waals surface area contributed by atoms with Gasteiger partial charge in [0.2, 0.25) is 0 Å². The molecular formula is C17H27N5S. The number of thiazole rings is 1. The fraction of sp³-hybridized carbons (Fsp3) is 0.647. The summed E-state index contributed by atoms with van der Waals surface area (Å²) in [6.45, 7) is 7.53. The molecule has 5 nitrogen and oxygen atoms in total. The van der Waals surface area contributed by atoms with E-state index in [-0.39, 0.29) is 5.54 Å². The van der Waals surface area contributed by atoms with Gasteiger partial charge < -0.3 is 10.2 Å². The second-order valence-corrected chi connectivity index (χ2v) is 8.55. The standard InChI is InChI=1S/C17H27N5S/c1-17(2,3)22-15-8-6-7-14(13(15)11-20-22)18-9-12-10-19-16(23-12)21(4)5/h10-11,14,18H,6-9H2,1-5H3. The number of fused-ring (bicyclic) bond motifs is 1. The third kappa shape index (κ3) is 3.43. The number of nitrogens with one attached hydrogen (secondary N) is 1. The van der Waals surface area contributed by atoms with Gasteiger partial charge in [0.05, 0.1) is 11.7 Å². The molecule has 2 aromatic heterocycles. The van der Waals surface area contributed by atoms with Crippen molar-refractivity contribution in [2.45, 2.75) is 58.2 Å². The van der Waals surface area contributed by atoms with Gasteiger partial charge in [-0.2, -0.15) is 5.10 Å². The molecule has 0 saturated heterocycles. The number of aromatic nitrogens is 3. The molecule has 0 amide bonds. The first-order valence-electron chi connectivity index (χ1n) is 8.29. The van der Waals surface area contributed by atoms with Gasteiger partial charge in [0.1, 0.15) is 0 Å². The first-order valence-corrected chi connectivity index (χ1v) is 9.10. The molecule has 0 fully saturated rings. The van der Waals surface area contributed by atoms with Gasteiger partial charge in [0.15, 0.2) is 5.13 Å². The first-order chi connectivity index (χ1) is 10.9. The summed E-state index contributed by atoms with van der Waals surface area (Å²) in [6, 6.07) is 0.403. The van der Waals surface area contributed by atoms with Crippen molar-refractivity contribution in [3.8, 4) is 0 Å². The Hall–Kier alpha value is -1.40. The highest BCUT2D eigenvalue weighted by Gasteiger charge is 2.27. The highest BCUT2D eigenvalue weighted by atomic mass is 32.1. The SMILES string of the molecule is CN(C)c1ncc(CNC2CCCc3c2cnn3C(C)(C)C)s1. The second kappa shape index (κ2) is 6.24. The van der Waals surface area contributed by atoms with E-state index in [1.165, 1.54) is 29.0 Å². The number of rotatable bonds is 4. The van der Waals surface area contributed by atoms with Crippen molar-refractivity contribution in [3.63, 3.8) is 0 Å². The lowest BCUT2D eigenvalue weighted by Gasteiger charge is -2.28. The fourth-order valence-electron chi connectivity index (χ4n) is 3.16. The van der Waals surface area contributed by atoms with Gasteiger partial charge in [-0.05, 0) is 40.0 Å². The van der Waals surface area contributed by atoms with Crippen LogP contribution in [0.25, 0.3) is 0 Å². The van der Waals surface area contributed by atoms with Gasteiger partial charge in [-0.1, -0.05) is 0 Å². The average Bonchev–Trinajstić information content (AvgIpc) is 3.11. The lowest BCUT2D eigenvalue weighted by Crippen LogP contribution is -2.29. The summed E-state index contributed by atoms with van der Waals surface area (Å²) in [6.07, 6.45) is 7.58. The third-order valence-corrected chi connectivity index (χ3v) is 5.43. The monoisotopic (exact) mass is 333 g/mol. The molecule has 6 heteroatoms. The van der Waals surface area contributed by atoms with Gasteiger partial charge >= 0.3 is 0 Å². The quantitative estimate of drug-likeness (QED) is 0.932. The van der Waals surface area contributed by atoms with E-state index in [9.17, 15) is 0 Å². The molecule has 0 saturated carbocycles. The minimum Gasteiger partial charge on any atom is -0.354 e. The minimum atomic E-state index is 0.0494. The average molecular weight is 334 g/mol. The Morgan fingerprint density at radius 3 is 2.78 bits per heavy atom. The van der Waals surface area contributed by atoms with Crippen LogP contribution >= 0.6 is 11.3 Å². The van der Waals surface area contributed by atoms with Crippen LogP contribution in [0.5, 0.6) is 0 Å². The summed E-state index contributed by atoms with van der Waals surface area (Å²) in [5, 5.41) is 9.43. The van der Waals surface area contributed by atoms with Crippen LogP contribution in [0, 0.1) is 0 Å². The summed E-state index contributed by atoms with van der Waals surface area (Å²) in [5.41, 5.74) is 2.83. The molecule has 0 spiro atoms. The van der Waals surface area contributed by atoms with Crippen LogP contribution in [0.15, 0.2) is 12.4 Å². The molecular weight excluding hydrogens is 306 g/mol. The Labute approximate surface area is 142 Å². The topological polar surface area (TPSA) is 46.0 Å². The number of hydrogen-bond acceptors (Lipinski definition) is 5. The normalized spacial score (nSPS) is 18.0. The van der Waals surface area contributed by atoms with Crippen molar-refractivity contribution in [2.24, 2.45) is 0 Å². The van der Waals surface area contributed by atoms with Crippen molar-refractivity contribution >= 4 is 16.5 Å². The van der Waals surface area contributed by atoms with Crippen LogP contribution in [-0.4, -0.2) is 28.9 Å². The van der Waals surface area contributed by atoms with Gasteiger partial charge in [0.25, 0.3) is 0 Å². The Balaban J connectivity index is 1.72. The Morgan fingerprint density at radius 2 is 2.13 bits per heavy atom. The lowest BCUT2D eigenvalue weighted by molar-refractivity contribution is 0.334. The van der Waals surface area contributed by atoms with Crippen LogP contribution in [0.3, 0.4) is 0 Å². The molecule has 2 aromatic rings. The molecule has 1 N–H and O–H groups in total. The molecule has 0 bridgehead atoms. The molecule has 23 heavy (non-hydrogen) atoms. The number of hydrogen-bond donors (Lipinski definition) is 1. The third-order valence-electron chi connectivity index (χ3n) is 4.27. The minimum absolute atomic E-state index is 0.0494. The highest BCUT2D eigenvalue weighted by Crippen LogP contribution is 2.32. The van der Waals surface area contributed by atoms with Crippen LogP contribution in [0.2, 0.25) is 0 Å². The van der Waals surface area contributed by atoms with E-state index in [1.807, 2.05) is 20.3 Å². The van der Waals surface area contributed by atoms with Gasteiger partial charge in [-0.3, -0.25) is 4.68 Å². The molecule has 1 aliphatic carbocycles. The molecule has 1 atom stereocenters. The van der Waals surface area contributed by atoms with Crippen LogP contribution < -0.4 is 10.2 Å². The van der Waals surface area contributed by atoms with Gasteiger partial charge in [-0.25, -0.2) is 4.98 Å². The van der Waals surface area contributed by atoms with E-state index in [2.05, 4.69) is 51.9 Å². The molecule has 1 aliphatic rings. The highest BCUT2D eigenvalue weighted by molar-refractivity contribution is 7.15. The van der Waals surface area contributed by atoms with Crippen molar-refractivity contribution < 1.29 is 0 Å². The van der Waals surface area contributed by atoms with E-state index in [0.29, 0.717) is 6.04 Å². The zero-order chi connectivity index (χ0) is 16.6. The van der Waals surface area contributed by atoms with Crippen molar-refractivity contribution in [1.82, 2.24) is 20.1 Å². The summed E-state index contributed by atoms with van der Waals surface area (Å²) in [4.78, 5) is 7.79. The van der Waals surface area contributed by atoms with E-state index in [1.54, 1.807) is 11.3 Å². The summed E-state index contributed by atoms with van der Waals surface area (Å²) in [5.74, 6) is 0. The van der Waals surface area contributed by atoms with E-state index in [4.69, 9.17) is 0 Å². The molecule has 3 rings (SSSR count). The molecule has 1 unspecified atom stereocenters. The smallest absolute Gasteiger partial charge is 0.185 e. The molecule has 2 heterocycles.